The average molecular weight is 346 g/mol. The molecule has 0 radical (unpaired) electrons. The summed E-state index contributed by atoms with van der Waals surface area (Å²) < 4.78 is 27.4. The minimum Gasteiger partial charge on any atom is -0.369 e. The largest absolute Gasteiger partial charge is 0.369 e. The summed E-state index contributed by atoms with van der Waals surface area (Å²) in [7, 11) is -3.86. The third-order valence-electron chi connectivity index (χ3n) is 2.60. The van der Waals surface area contributed by atoms with Crippen molar-refractivity contribution in [3.8, 4) is 0 Å². The number of benzene rings is 1. The molecule has 2 aromatic rings. The van der Waals surface area contributed by atoms with Crippen LogP contribution in [0.3, 0.4) is 0 Å². The van der Waals surface area contributed by atoms with Crippen molar-refractivity contribution < 1.29 is 8.42 Å². The first-order valence-electron chi connectivity index (χ1n) is 6.11. The van der Waals surface area contributed by atoms with Gasteiger partial charge in [-0.3, -0.25) is 4.72 Å². The Morgan fingerprint density at radius 1 is 1.14 bits per heavy atom. The van der Waals surface area contributed by atoms with E-state index in [1.165, 1.54) is 12.3 Å². The number of hydrogen-bond donors (Lipinski definition) is 2. The van der Waals surface area contributed by atoms with E-state index >= 15 is 0 Å². The molecule has 0 aliphatic rings. The molecule has 1 heterocycles. The molecule has 5 nitrogen and oxygen atoms in total. The van der Waals surface area contributed by atoms with Crippen molar-refractivity contribution in [2.75, 3.05) is 16.6 Å². The highest BCUT2D eigenvalue weighted by molar-refractivity contribution is 7.93. The molecule has 0 unspecified atom stereocenters. The van der Waals surface area contributed by atoms with E-state index < -0.39 is 10.0 Å². The Kier molecular flexibility index (Phi) is 4.92. The molecule has 21 heavy (non-hydrogen) atoms. The lowest BCUT2D eigenvalue weighted by molar-refractivity contribution is 0.601. The van der Waals surface area contributed by atoms with E-state index in [9.17, 15) is 8.42 Å². The van der Waals surface area contributed by atoms with E-state index in [1.807, 2.05) is 6.92 Å². The second-order valence-electron chi connectivity index (χ2n) is 4.08. The highest BCUT2D eigenvalue weighted by atomic mass is 35.5. The second kappa shape index (κ2) is 6.51. The number of aromatic nitrogens is 1. The third kappa shape index (κ3) is 3.58. The van der Waals surface area contributed by atoms with Gasteiger partial charge in [0.2, 0.25) is 0 Å². The van der Waals surface area contributed by atoms with Gasteiger partial charge in [-0.2, -0.15) is 0 Å². The highest BCUT2D eigenvalue weighted by Crippen LogP contribution is 2.32. The maximum absolute atomic E-state index is 12.5. The molecule has 2 rings (SSSR count). The SMILES string of the molecule is CCNc1ncccc1S(=O)(=O)Nc1c(Cl)cccc1Cl. The van der Waals surface area contributed by atoms with Gasteiger partial charge < -0.3 is 5.32 Å². The van der Waals surface area contributed by atoms with E-state index in [0.29, 0.717) is 6.54 Å². The van der Waals surface area contributed by atoms with Gasteiger partial charge >= 0.3 is 0 Å². The average Bonchev–Trinajstić information content (AvgIpc) is 2.44. The van der Waals surface area contributed by atoms with Crippen LogP contribution in [-0.2, 0) is 10.0 Å². The molecule has 0 fully saturated rings. The molecule has 0 amide bonds. The number of halogens is 2. The normalized spacial score (nSPS) is 11.2. The Morgan fingerprint density at radius 3 is 2.43 bits per heavy atom. The van der Waals surface area contributed by atoms with Crippen molar-refractivity contribution in [1.29, 1.82) is 0 Å². The fraction of sp³-hybridized carbons (Fsp3) is 0.154. The zero-order valence-electron chi connectivity index (χ0n) is 11.1. The number of nitrogens with one attached hydrogen (secondary N) is 2. The van der Waals surface area contributed by atoms with Gasteiger partial charge in [-0.25, -0.2) is 13.4 Å². The molecular formula is C13H13Cl2N3O2S. The van der Waals surface area contributed by atoms with Crippen molar-refractivity contribution in [3.05, 3.63) is 46.6 Å². The molecule has 2 N–H and O–H groups in total. The van der Waals surface area contributed by atoms with Crippen LogP contribution in [-0.4, -0.2) is 19.9 Å². The second-order valence-corrected chi connectivity index (χ2v) is 6.55. The molecule has 0 atom stereocenters. The molecule has 1 aromatic carbocycles. The minimum atomic E-state index is -3.86. The van der Waals surface area contributed by atoms with Crippen LogP contribution in [0.15, 0.2) is 41.4 Å². The lowest BCUT2D eigenvalue weighted by atomic mass is 10.3. The molecule has 8 heteroatoms. The summed E-state index contributed by atoms with van der Waals surface area (Å²) in [5.41, 5.74) is 0.145. The topological polar surface area (TPSA) is 71.1 Å². The van der Waals surface area contributed by atoms with Gasteiger partial charge in [0.25, 0.3) is 10.0 Å². The Bertz CT molecular complexity index is 731. The first-order chi connectivity index (χ1) is 9.95. The van der Waals surface area contributed by atoms with E-state index in [4.69, 9.17) is 23.2 Å². The molecule has 0 saturated heterocycles. The number of sulfonamides is 1. The molecule has 0 aliphatic carbocycles. The number of pyridine rings is 1. The van der Waals surface area contributed by atoms with Gasteiger partial charge in [0.1, 0.15) is 10.7 Å². The van der Waals surface area contributed by atoms with E-state index in [0.717, 1.165) is 0 Å². The van der Waals surface area contributed by atoms with Crippen molar-refractivity contribution >= 4 is 44.7 Å². The molecule has 0 spiro atoms. The van der Waals surface area contributed by atoms with Crippen molar-refractivity contribution in [2.24, 2.45) is 0 Å². The van der Waals surface area contributed by atoms with E-state index in [2.05, 4.69) is 15.0 Å². The molecule has 0 saturated carbocycles. The lowest BCUT2D eigenvalue weighted by Gasteiger charge is -2.13. The van der Waals surface area contributed by atoms with E-state index in [1.54, 1.807) is 24.3 Å². The van der Waals surface area contributed by atoms with Crippen LogP contribution in [0.2, 0.25) is 10.0 Å². The van der Waals surface area contributed by atoms with Crippen LogP contribution in [0.5, 0.6) is 0 Å². The van der Waals surface area contributed by atoms with Gasteiger partial charge in [-0.05, 0) is 31.2 Å². The predicted molar refractivity (Wildman–Crippen MR) is 85.7 cm³/mol. The standard InChI is InChI=1S/C13H13Cl2N3O2S/c1-2-16-13-11(7-4-8-17-13)21(19,20)18-12-9(14)5-3-6-10(12)15/h3-8,18H,2H2,1H3,(H,16,17). The minimum absolute atomic E-state index is 0.0304. The quantitative estimate of drug-likeness (QED) is 0.867. The zero-order valence-corrected chi connectivity index (χ0v) is 13.4. The van der Waals surface area contributed by atoms with Crippen LogP contribution in [0.1, 0.15) is 6.92 Å². The summed E-state index contributed by atoms with van der Waals surface area (Å²) in [5.74, 6) is 0.274. The molecular weight excluding hydrogens is 333 g/mol. The molecule has 112 valence electrons. The Morgan fingerprint density at radius 2 is 1.81 bits per heavy atom. The number of anilines is 2. The monoisotopic (exact) mass is 345 g/mol. The fourth-order valence-electron chi connectivity index (χ4n) is 1.69. The number of para-hydroxylation sites is 1. The van der Waals surface area contributed by atoms with Crippen molar-refractivity contribution in [1.82, 2.24) is 4.98 Å². The van der Waals surface area contributed by atoms with Crippen LogP contribution < -0.4 is 10.0 Å². The summed E-state index contributed by atoms with van der Waals surface area (Å²) in [4.78, 5) is 4.06. The first-order valence-corrected chi connectivity index (χ1v) is 8.35. The van der Waals surface area contributed by atoms with Crippen LogP contribution in [0.4, 0.5) is 11.5 Å². The Hall–Kier alpha value is -1.50. The van der Waals surface area contributed by atoms with Crippen LogP contribution in [0.25, 0.3) is 0 Å². The number of nitrogens with zero attached hydrogens (tertiary/aromatic N) is 1. The van der Waals surface area contributed by atoms with Crippen LogP contribution in [0, 0.1) is 0 Å². The van der Waals surface area contributed by atoms with Gasteiger partial charge in [-0.1, -0.05) is 29.3 Å². The maximum Gasteiger partial charge on any atom is 0.265 e. The maximum atomic E-state index is 12.5. The first kappa shape index (κ1) is 15.9. The molecule has 0 aliphatic heterocycles. The van der Waals surface area contributed by atoms with E-state index in [-0.39, 0.29) is 26.4 Å². The van der Waals surface area contributed by atoms with Gasteiger partial charge in [-0.15, -0.1) is 0 Å². The predicted octanol–water partition coefficient (Wildman–Crippen LogP) is 3.62. The highest BCUT2D eigenvalue weighted by Gasteiger charge is 2.21. The third-order valence-corrected chi connectivity index (χ3v) is 4.61. The summed E-state index contributed by atoms with van der Waals surface area (Å²) >= 11 is 12.0. The summed E-state index contributed by atoms with van der Waals surface area (Å²) in [5, 5.41) is 3.35. The fourth-order valence-corrected chi connectivity index (χ4v) is 3.53. The molecule has 1 aromatic heterocycles. The Balaban J connectivity index is 2.44. The van der Waals surface area contributed by atoms with Gasteiger partial charge in [0, 0.05) is 12.7 Å². The molecule has 0 bridgehead atoms. The lowest BCUT2D eigenvalue weighted by Crippen LogP contribution is -2.16. The zero-order chi connectivity index (χ0) is 15.5. The number of rotatable bonds is 5. The van der Waals surface area contributed by atoms with Crippen molar-refractivity contribution in [3.63, 3.8) is 0 Å². The summed E-state index contributed by atoms with van der Waals surface area (Å²) in [6, 6.07) is 7.75. The summed E-state index contributed by atoms with van der Waals surface area (Å²) in [6.45, 7) is 2.40. The van der Waals surface area contributed by atoms with Crippen LogP contribution >= 0.6 is 23.2 Å². The van der Waals surface area contributed by atoms with Gasteiger partial charge in [0.15, 0.2) is 0 Å². The number of hydrogen-bond acceptors (Lipinski definition) is 4. The smallest absolute Gasteiger partial charge is 0.265 e. The Labute approximate surface area is 133 Å². The van der Waals surface area contributed by atoms with Gasteiger partial charge in [0.05, 0.1) is 15.7 Å². The summed E-state index contributed by atoms with van der Waals surface area (Å²) in [6.07, 6.45) is 1.51. The van der Waals surface area contributed by atoms with Crippen molar-refractivity contribution in [2.45, 2.75) is 11.8 Å².